The molecule has 0 amide bonds. The molecule has 0 bridgehead atoms. The molecular weight excluding hydrogens is 366 g/mol. The minimum Gasteiger partial charge on any atom is -0.368 e. The zero-order chi connectivity index (χ0) is 19.8. The lowest BCUT2D eigenvalue weighted by atomic mass is 10.3. The van der Waals surface area contributed by atoms with Gasteiger partial charge in [0.1, 0.15) is 11.2 Å². The molecule has 142 valence electrons. The maximum atomic E-state index is 13.6. The molecule has 0 unspecified atom stereocenters. The summed E-state index contributed by atoms with van der Waals surface area (Å²) in [5.74, 6) is -0.799. The van der Waals surface area contributed by atoms with Crippen molar-refractivity contribution in [3.05, 3.63) is 48.3 Å². The van der Waals surface area contributed by atoms with Gasteiger partial charge in [-0.05, 0) is 25.1 Å². The SMILES string of the molecule is CCn1c(-c2ccnc(N(C)c3ccc(F)c(F)c3)n2)nc2cnc(N)nc21. The summed E-state index contributed by atoms with van der Waals surface area (Å²) in [6.45, 7) is 2.55. The molecule has 0 spiro atoms. The lowest BCUT2D eigenvalue weighted by Gasteiger charge is -2.17. The Kier molecular flexibility index (Phi) is 4.30. The van der Waals surface area contributed by atoms with Crippen molar-refractivity contribution in [3.8, 4) is 11.5 Å². The molecule has 0 radical (unpaired) electrons. The number of halogens is 2. The number of aryl methyl sites for hydroxylation is 1. The average Bonchev–Trinajstić information content (AvgIpc) is 3.07. The number of imidazole rings is 1. The summed E-state index contributed by atoms with van der Waals surface area (Å²) in [5, 5.41) is 0. The Morgan fingerprint density at radius 3 is 2.64 bits per heavy atom. The predicted octanol–water partition coefficient (Wildman–Crippen LogP) is 2.93. The van der Waals surface area contributed by atoms with Gasteiger partial charge in [-0.1, -0.05) is 0 Å². The van der Waals surface area contributed by atoms with Crippen LogP contribution in [0.5, 0.6) is 0 Å². The van der Waals surface area contributed by atoms with Gasteiger partial charge in [0.15, 0.2) is 23.1 Å². The third-order valence-corrected chi connectivity index (χ3v) is 4.29. The topological polar surface area (TPSA) is 98.6 Å². The second-order valence-electron chi connectivity index (χ2n) is 6.02. The van der Waals surface area contributed by atoms with Gasteiger partial charge >= 0.3 is 0 Å². The Morgan fingerprint density at radius 1 is 1.07 bits per heavy atom. The van der Waals surface area contributed by atoms with Gasteiger partial charge in [-0.25, -0.2) is 28.7 Å². The molecule has 3 heterocycles. The standard InChI is InChI=1S/C18H16F2N8/c1-3-28-15(24-14-9-23-17(21)26-16(14)28)13-6-7-22-18(25-13)27(2)10-4-5-11(19)12(20)8-10/h4-9H,3H2,1-2H3,(H2,21,23,26). The van der Waals surface area contributed by atoms with Gasteiger partial charge in [0.2, 0.25) is 11.9 Å². The lowest BCUT2D eigenvalue weighted by molar-refractivity contribution is 0.509. The summed E-state index contributed by atoms with van der Waals surface area (Å²) >= 11 is 0. The van der Waals surface area contributed by atoms with Crippen LogP contribution in [0, 0.1) is 11.6 Å². The van der Waals surface area contributed by atoms with E-state index in [1.165, 1.54) is 6.07 Å². The first-order chi connectivity index (χ1) is 13.5. The highest BCUT2D eigenvalue weighted by atomic mass is 19.2. The fourth-order valence-corrected chi connectivity index (χ4v) is 2.87. The van der Waals surface area contributed by atoms with Crippen LogP contribution < -0.4 is 10.6 Å². The minimum absolute atomic E-state index is 0.162. The highest BCUT2D eigenvalue weighted by Gasteiger charge is 2.17. The van der Waals surface area contributed by atoms with Crippen molar-refractivity contribution >= 4 is 28.7 Å². The largest absolute Gasteiger partial charge is 0.368 e. The maximum Gasteiger partial charge on any atom is 0.230 e. The number of aromatic nitrogens is 6. The highest BCUT2D eigenvalue weighted by Crippen LogP contribution is 2.26. The van der Waals surface area contributed by atoms with Crippen LogP contribution >= 0.6 is 0 Å². The molecule has 0 fully saturated rings. The molecule has 0 aliphatic carbocycles. The number of anilines is 3. The van der Waals surface area contributed by atoms with E-state index < -0.39 is 11.6 Å². The van der Waals surface area contributed by atoms with Crippen molar-refractivity contribution in [2.24, 2.45) is 0 Å². The average molecular weight is 382 g/mol. The second kappa shape index (κ2) is 6.80. The molecule has 0 atom stereocenters. The van der Waals surface area contributed by atoms with Crippen LogP contribution in [0.3, 0.4) is 0 Å². The van der Waals surface area contributed by atoms with Crippen molar-refractivity contribution in [2.45, 2.75) is 13.5 Å². The van der Waals surface area contributed by atoms with Gasteiger partial charge in [-0.2, -0.15) is 4.98 Å². The van der Waals surface area contributed by atoms with Crippen molar-refractivity contribution in [1.82, 2.24) is 29.5 Å². The van der Waals surface area contributed by atoms with E-state index in [1.54, 1.807) is 30.4 Å². The molecule has 1 aromatic carbocycles. The van der Waals surface area contributed by atoms with Crippen LogP contribution in [0.15, 0.2) is 36.7 Å². The van der Waals surface area contributed by atoms with Gasteiger partial charge in [-0.15, -0.1) is 0 Å². The molecule has 4 rings (SSSR count). The molecule has 10 heteroatoms. The van der Waals surface area contributed by atoms with Crippen LogP contribution in [-0.2, 0) is 6.54 Å². The zero-order valence-electron chi connectivity index (χ0n) is 15.1. The van der Waals surface area contributed by atoms with Crippen LogP contribution in [0.25, 0.3) is 22.7 Å². The van der Waals surface area contributed by atoms with E-state index in [-0.39, 0.29) is 5.95 Å². The minimum atomic E-state index is -0.940. The number of hydrogen-bond donors (Lipinski definition) is 1. The monoisotopic (exact) mass is 382 g/mol. The molecule has 0 saturated heterocycles. The third-order valence-electron chi connectivity index (χ3n) is 4.29. The van der Waals surface area contributed by atoms with Crippen molar-refractivity contribution < 1.29 is 8.78 Å². The molecule has 8 nitrogen and oxygen atoms in total. The summed E-state index contributed by atoms with van der Waals surface area (Å²) in [6.07, 6.45) is 3.14. The van der Waals surface area contributed by atoms with Crippen molar-refractivity contribution in [1.29, 1.82) is 0 Å². The Hall–Kier alpha value is -3.69. The van der Waals surface area contributed by atoms with Crippen LogP contribution in [-0.4, -0.2) is 36.5 Å². The molecular formula is C18H16F2N8. The molecule has 0 aliphatic heterocycles. The Balaban J connectivity index is 1.79. The number of nitrogen functional groups attached to an aromatic ring is 1. The number of benzene rings is 1. The summed E-state index contributed by atoms with van der Waals surface area (Å²) in [7, 11) is 1.67. The normalized spacial score (nSPS) is 11.1. The van der Waals surface area contributed by atoms with Crippen LogP contribution in [0.1, 0.15) is 6.92 Å². The highest BCUT2D eigenvalue weighted by molar-refractivity contribution is 5.76. The van der Waals surface area contributed by atoms with Crippen molar-refractivity contribution in [2.75, 3.05) is 17.7 Å². The van der Waals surface area contributed by atoms with E-state index in [2.05, 4.69) is 24.9 Å². The molecule has 4 aromatic rings. The molecule has 28 heavy (non-hydrogen) atoms. The first kappa shape index (κ1) is 17.7. The molecule has 0 saturated carbocycles. The smallest absolute Gasteiger partial charge is 0.230 e. The number of hydrogen-bond acceptors (Lipinski definition) is 7. The first-order valence-electron chi connectivity index (χ1n) is 8.49. The van der Waals surface area contributed by atoms with Crippen LogP contribution in [0.2, 0.25) is 0 Å². The second-order valence-corrected chi connectivity index (χ2v) is 6.02. The van der Waals surface area contributed by atoms with Gasteiger partial charge in [-0.3, -0.25) is 0 Å². The van der Waals surface area contributed by atoms with Crippen LogP contribution in [0.4, 0.5) is 26.4 Å². The first-order valence-corrected chi connectivity index (χ1v) is 8.49. The van der Waals surface area contributed by atoms with E-state index in [1.807, 2.05) is 11.5 Å². The van der Waals surface area contributed by atoms with E-state index in [9.17, 15) is 8.78 Å². The number of rotatable bonds is 4. The Morgan fingerprint density at radius 2 is 1.89 bits per heavy atom. The number of nitrogens with two attached hydrogens (primary N) is 1. The quantitative estimate of drug-likeness (QED) is 0.579. The summed E-state index contributed by atoms with van der Waals surface area (Å²) in [5.41, 5.74) is 7.87. The number of fused-ring (bicyclic) bond motifs is 1. The van der Waals surface area contributed by atoms with E-state index >= 15 is 0 Å². The molecule has 0 aliphatic rings. The summed E-state index contributed by atoms with van der Waals surface area (Å²) in [6, 6.07) is 5.32. The summed E-state index contributed by atoms with van der Waals surface area (Å²) < 4.78 is 28.6. The Labute approximate surface area is 158 Å². The third kappa shape index (κ3) is 2.98. The molecule has 3 aromatic heterocycles. The van der Waals surface area contributed by atoms with Gasteiger partial charge < -0.3 is 15.2 Å². The lowest BCUT2D eigenvalue weighted by Crippen LogP contribution is -2.14. The predicted molar refractivity (Wildman–Crippen MR) is 101 cm³/mol. The van der Waals surface area contributed by atoms with Crippen molar-refractivity contribution in [3.63, 3.8) is 0 Å². The molecule has 2 N–H and O–H groups in total. The van der Waals surface area contributed by atoms with Gasteiger partial charge in [0.25, 0.3) is 0 Å². The Bertz CT molecular complexity index is 1170. The number of nitrogens with zero attached hydrogens (tertiary/aromatic N) is 7. The van der Waals surface area contributed by atoms with E-state index in [0.717, 1.165) is 12.1 Å². The summed E-state index contributed by atoms with van der Waals surface area (Å²) in [4.78, 5) is 23.1. The van der Waals surface area contributed by atoms with E-state index in [4.69, 9.17) is 5.73 Å². The van der Waals surface area contributed by atoms with E-state index in [0.29, 0.717) is 40.9 Å². The van der Waals surface area contributed by atoms with Gasteiger partial charge in [0.05, 0.1) is 6.20 Å². The zero-order valence-corrected chi connectivity index (χ0v) is 15.1. The fraction of sp³-hybridized carbons (Fsp3) is 0.167. The fourth-order valence-electron chi connectivity index (χ4n) is 2.87. The maximum absolute atomic E-state index is 13.6. The van der Waals surface area contributed by atoms with Gasteiger partial charge in [0, 0.05) is 31.5 Å².